The summed E-state index contributed by atoms with van der Waals surface area (Å²) in [6, 6.07) is 2.68. The first-order valence-corrected chi connectivity index (χ1v) is 14.3. The summed E-state index contributed by atoms with van der Waals surface area (Å²) in [7, 11) is -4.38. The van der Waals surface area contributed by atoms with Crippen molar-refractivity contribution in [3.63, 3.8) is 0 Å². The van der Waals surface area contributed by atoms with E-state index in [0.29, 0.717) is 5.57 Å². The number of aromatic nitrogens is 5. The summed E-state index contributed by atoms with van der Waals surface area (Å²) in [6.07, 6.45) is 3.22. The number of tetrazole rings is 1. The van der Waals surface area contributed by atoms with E-state index in [2.05, 4.69) is 25.8 Å². The van der Waals surface area contributed by atoms with Crippen LogP contribution in [0.1, 0.15) is 0 Å². The van der Waals surface area contributed by atoms with Crippen LogP contribution in [0, 0.1) is 0 Å². The van der Waals surface area contributed by atoms with Crippen LogP contribution in [0.4, 0.5) is 0 Å². The van der Waals surface area contributed by atoms with Crippen LogP contribution in [0.15, 0.2) is 45.8 Å². The molecule has 0 spiro atoms. The fourth-order valence-corrected chi connectivity index (χ4v) is 6.90. The number of aliphatic carboxylic acids is 1. The van der Waals surface area contributed by atoms with Gasteiger partial charge in [0.2, 0.25) is 11.1 Å². The molecule has 2 amide bonds. The minimum absolute atomic E-state index is 0. The molecule has 3 N–H and O–H groups in total. The Morgan fingerprint density at radius 1 is 1.25 bits per heavy atom. The Kier molecular flexibility index (Phi) is 9.83. The van der Waals surface area contributed by atoms with E-state index in [4.69, 9.17) is 4.55 Å². The molecule has 2 aliphatic rings. The molecule has 1 saturated heterocycles. The van der Waals surface area contributed by atoms with Crippen LogP contribution in [-0.4, -0.2) is 124 Å². The van der Waals surface area contributed by atoms with Crippen molar-refractivity contribution in [2.45, 2.75) is 27.3 Å². The number of hydrogen-bond donors (Lipinski definition) is 3. The molecule has 2 aromatic heterocycles. The summed E-state index contributed by atoms with van der Waals surface area (Å²) < 4.78 is 32.1. The molecule has 188 valence electrons. The Morgan fingerprint density at radius 3 is 2.64 bits per heavy atom. The van der Waals surface area contributed by atoms with Crippen LogP contribution in [-0.2, 0) is 30.4 Å². The van der Waals surface area contributed by atoms with E-state index < -0.39 is 39.3 Å². The molecule has 0 aliphatic carbocycles. The Hall–Kier alpha value is -1.67. The van der Waals surface area contributed by atoms with Gasteiger partial charge in [0, 0.05) is 28.8 Å². The summed E-state index contributed by atoms with van der Waals surface area (Å²) in [4.78, 5) is 43.0. The second-order valence-electron chi connectivity index (χ2n) is 7.14. The second-order valence-corrected chi connectivity index (χ2v) is 11.7. The van der Waals surface area contributed by atoms with Crippen molar-refractivity contribution in [1.82, 2.24) is 35.4 Å². The molecule has 14 nitrogen and oxygen atoms in total. The van der Waals surface area contributed by atoms with Crippen molar-refractivity contribution in [2.75, 3.05) is 17.3 Å². The number of carboxylic acids is 1. The van der Waals surface area contributed by atoms with Gasteiger partial charge in [-0.05, 0) is 28.1 Å². The first-order valence-electron chi connectivity index (χ1n) is 9.70. The van der Waals surface area contributed by atoms with E-state index in [0.717, 1.165) is 26.2 Å². The molecule has 4 rings (SSSR count). The van der Waals surface area contributed by atoms with Crippen LogP contribution in [0.5, 0.6) is 0 Å². The van der Waals surface area contributed by atoms with Gasteiger partial charge in [0.25, 0.3) is 16.0 Å². The zero-order valence-electron chi connectivity index (χ0n) is 17.5. The monoisotopic (exact) mass is 583 g/mol. The normalized spacial score (nSPS) is 19.2. The fraction of sp³-hybridized carbons (Fsp3) is 0.353. The van der Waals surface area contributed by atoms with Gasteiger partial charge in [-0.15, -0.1) is 28.6 Å². The van der Waals surface area contributed by atoms with E-state index in [1.807, 2.05) is 0 Å². The Morgan fingerprint density at radius 2 is 1.97 bits per heavy atom. The van der Waals surface area contributed by atoms with Crippen molar-refractivity contribution in [3.05, 3.63) is 35.8 Å². The van der Waals surface area contributed by atoms with E-state index in [9.17, 15) is 27.9 Å². The fourth-order valence-electron chi connectivity index (χ4n) is 3.28. The van der Waals surface area contributed by atoms with Gasteiger partial charge in [-0.3, -0.25) is 24.0 Å². The molecule has 1 fully saturated rings. The number of nitrogens with zero attached hydrogens (tertiary/aromatic N) is 6. The molecule has 19 heteroatoms. The summed E-state index contributed by atoms with van der Waals surface area (Å²) in [5, 5.41) is 22.5. The number of pyridine rings is 1. The van der Waals surface area contributed by atoms with Crippen LogP contribution in [0.25, 0.3) is 0 Å². The predicted octanol–water partition coefficient (Wildman–Crippen LogP) is -1.11. The average molecular weight is 584 g/mol. The van der Waals surface area contributed by atoms with Gasteiger partial charge in [0.15, 0.2) is 5.88 Å². The van der Waals surface area contributed by atoms with Crippen molar-refractivity contribution in [2.24, 2.45) is 0 Å². The average Bonchev–Trinajstić information content (AvgIpc) is 3.24. The number of carboxylic acid groups (broad SMARTS) is 1. The predicted molar refractivity (Wildman–Crippen MR) is 132 cm³/mol. The molecule has 2 atom stereocenters. The number of hydrogen-bond acceptors (Lipinski definition) is 12. The number of fused-ring (bicyclic) bond motifs is 1. The van der Waals surface area contributed by atoms with Gasteiger partial charge >= 0.3 is 35.5 Å². The Balaban J connectivity index is 0.00000361. The number of thioether (sulfide) groups is 3. The van der Waals surface area contributed by atoms with E-state index in [1.165, 1.54) is 23.5 Å². The Bertz CT molecular complexity index is 1290. The third-order valence-corrected chi connectivity index (χ3v) is 8.71. The number of rotatable bonds is 10. The first kappa shape index (κ1) is 28.9. The molecule has 1 unspecified atom stereocenters. The first-order chi connectivity index (χ1) is 16.6. The zero-order valence-corrected chi connectivity index (χ0v) is 20.8. The van der Waals surface area contributed by atoms with Gasteiger partial charge in [-0.1, -0.05) is 11.8 Å². The van der Waals surface area contributed by atoms with Crippen molar-refractivity contribution >= 4 is 92.7 Å². The summed E-state index contributed by atoms with van der Waals surface area (Å²) in [5.74, 6) is -2.60. The van der Waals surface area contributed by atoms with E-state index in [1.54, 1.807) is 24.5 Å². The second kappa shape index (κ2) is 12.2. The van der Waals surface area contributed by atoms with Gasteiger partial charge in [-0.2, -0.15) is 8.42 Å². The molecule has 0 bridgehead atoms. The van der Waals surface area contributed by atoms with Gasteiger partial charge in [0.1, 0.15) is 17.1 Å². The molecule has 0 saturated carbocycles. The maximum atomic E-state index is 12.8. The molecule has 4 heterocycles. The standard InChI is InChI=1S/C17H17N7O7S4.Na.H/c25-11(7-32-10-1-3-18-4-2-10)19-12-14(26)24-13(16(27)28)9(5-33-15(12)24)6-34-17-20-21-22-23(17)8-35(29,30)31;;/h1-4,12,15H,5-8H2,(H,19,25)(H,27,28)(H,29,30,31);;/t12?,15-;;/m1../s1. The van der Waals surface area contributed by atoms with Crippen molar-refractivity contribution in [3.8, 4) is 0 Å². The van der Waals surface area contributed by atoms with Gasteiger partial charge in [-0.25, -0.2) is 9.48 Å². The molecule has 0 radical (unpaired) electrons. The zero-order chi connectivity index (χ0) is 25.2. The number of carbonyl (C=O) groups excluding carboxylic acids is 2. The summed E-state index contributed by atoms with van der Waals surface area (Å²) >= 11 is 3.57. The van der Waals surface area contributed by atoms with E-state index >= 15 is 0 Å². The van der Waals surface area contributed by atoms with Crippen LogP contribution in [0.3, 0.4) is 0 Å². The minimum atomic E-state index is -4.38. The molecule has 2 aliphatic heterocycles. The molecule has 2 aromatic rings. The molecular weight excluding hydrogens is 565 g/mol. The van der Waals surface area contributed by atoms with Gasteiger partial charge in [0.05, 0.1) is 5.75 Å². The van der Waals surface area contributed by atoms with Crippen molar-refractivity contribution in [1.29, 1.82) is 0 Å². The van der Waals surface area contributed by atoms with Crippen LogP contribution >= 0.6 is 35.3 Å². The van der Waals surface area contributed by atoms with E-state index in [-0.39, 0.29) is 63.6 Å². The number of amides is 2. The summed E-state index contributed by atoms with van der Waals surface area (Å²) in [6.45, 7) is 0. The molecular formula is C17H18N7NaO7S4. The summed E-state index contributed by atoms with van der Waals surface area (Å²) in [5.41, 5.74) is 0.230. The van der Waals surface area contributed by atoms with Crippen molar-refractivity contribution < 1.29 is 32.5 Å². The number of β-lactam (4-membered cyclic amide) rings is 1. The third-order valence-electron chi connectivity index (χ3n) is 4.75. The molecule has 0 aromatic carbocycles. The van der Waals surface area contributed by atoms with Gasteiger partial charge < -0.3 is 10.4 Å². The van der Waals surface area contributed by atoms with Crippen LogP contribution in [0.2, 0.25) is 0 Å². The third kappa shape index (κ3) is 6.80. The quantitative estimate of drug-likeness (QED) is 0.132. The molecule has 36 heavy (non-hydrogen) atoms. The number of carbonyl (C=O) groups is 3. The maximum absolute atomic E-state index is 12.8. The number of nitrogens with one attached hydrogen (secondary N) is 1. The van der Waals surface area contributed by atoms with Crippen LogP contribution < -0.4 is 5.32 Å². The topological polar surface area (TPSA) is 198 Å². The Labute approximate surface area is 239 Å². The SMILES string of the molecule is O=C(CSc1ccncc1)NC1C(=O)N2C(C(=O)O)=C(CSc3nnnn3CS(=O)(=O)O)CS[C@H]12.[NaH].